The van der Waals surface area contributed by atoms with Gasteiger partial charge in [-0.2, -0.15) is 4.98 Å². The molecule has 0 saturated carbocycles. The van der Waals surface area contributed by atoms with Gasteiger partial charge < -0.3 is 14.6 Å². The second-order valence-corrected chi connectivity index (χ2v) is 6.74. The smallest absolute Gasteiger partial charge is 0.243 e. The Labute approximate surface area is 125 Å². The number of ether oxygens (including phenoxy) is 1. The molecule has 3 aliphatic rings. The molecule has 4 heterocycles. The number of hydrogen-bond acceptors (Lipinski definition) is 6. The Morgan fingerprint density at radius 3 is 3.19 bits per heavy atom. The minimum atomic E-state index is -0.0298. The molecule has 21 heavy (non-hydrogen) atoms. The van der Waals surface area contributed by atoms with Crippen LogP contribution in [0.15, 0.2) is 4.52 Å². The minimum absolute atomic E-state index is 0.0298. The molecule has 6 nitrogen and oxygen atoms in total. The van der Waals surface area contributed by atoms with Crippen molar-refractivity contribution in [2.45, 2.75) is 50.8 Å². The first-order valence-electron chi connectivity index (χ1n) is 8.22. The van der Waals surface area contributed by atoms with Crippen molar-refractivity contribution in [2.75, 3.05) is 26.2 Å². The SMILES string of the molecule is CC1CCNC(c2nc(C3CN4CCCC4CO3)no2)C1. The molecule has 1 aromatic rings. The van der Waals surface area contributed by atoms with Crippen LogP contribution in [0.25, 0.3) is 0 Å². The molecule has 0 aliphatic carbocycles. The number of nitrogens with one attached hydrogen (secondary N) is 1. The van der Waals surface area contributed by atoms with E-state index in [4.69, 9.17) is 9.26 Å². The Hall–Kier alpha value is -0.980. The quantitative estimate of drug-likeness (QED) is 0.894. The van der Waals surface area contributed by atoms with Crippen LogP contribution in [0.2, 0.25) is 0 Å². The van der Waals surface area contributed by atoms with Crippen LogP contribution in [0.1, 0.15) is 56.5 Å². The monoisotopic (exact) mass is 292 g/mol. The molecule has 116 valence electrons. The third kappa shape index (κ3) is 2.72. The van der Waals surface area contributed by atoms with Crippen LogP contribution in [0.5, 0.6) is 0 Å². The molecular weight excluding hydrogens is 268 g/mol. The lowest BCUT2D eigenvalue weighted by Crippen LogP contribution is -2.42. The predicted octanol–water partition coefficient (Wildman–Crippen LogP) is 1.67. The Morgan fingerprint density at radius 1 is 1.33 bits per heavy atom. The van der Waals surface area contributed by atoms with Crippen LogP contribution in [0.4, 0.5) is 0 Å². The number of aromatic nitrogens is 2. The van der Waals surface area contributed by atoms with E-state index in [2.05, 4.69) is 27.3 Å². The van der Waals surface area contributed by atoms with Gasteiger partial charge in [-0.15, -0.1) is 0 Å². The third-order valence-corrected chi connectivity index (χ3v) is 5.10. The molecule has 6 heteroatoms. The van der Waals surface area contributed by atoms with Crippen molar-refractivity contribution in [1.29, 1.82) is 0 Å². The van der Waals surface area contributed by atoms with Crippen LogP contribution in [-0.2, 0) is 4.74 Å². The minimum Gasteiger partial charge on any atom is -0.367 e. The summed E-state index contributed by atoms with van der Waals surface area (Å²) in [4.78, 5) is 7.12. The van der Waals surface area contributed by atoms with Gasteiger partial charge >= 0.3 is 0 Å². The van der Waals surface area contributed by atoms with Gasteiger partial charge in [-0.3, -0.25) is 4.90 Å². The maximum absolute atomic E-state index is 5.95. The standard InChI is InChI=1S/C15H24N4O2/c1-10-4-5-16-12(7-10)15-17-14(18-21-15)13-8-19-6-2-3-11(19)9-20-13/h10-13,16H,2-9H2,1H3. The maximum Gasteiger partial charge on any atom is 0.243 e. The highest BCUT2D eigenvalue weighted by Gasteiger charge is 2.35. The molecule has 0 bridgehead atoms. The fourth-order valence-electron chi connectivity index (χ4n) is 3.79. The van der Waals surface area contributed by atoms with Crippen LogP contribution in [0, 0.1) is 5.92 Å². The van der Waals surface area contributed by atoms with E-state index in [1.165, 1.54) is 25.8 Å². The zero-order valence-electron chi connectivity index (χ0n) is 12.6. The maximum atomic E-state index is 5.95. The molecule has 0 aromatic carbocycles. The summed E-state index contributed by atoms with van der Waals surface area (Å²) in [5.74, 6) is 2.15. The average molecular weight is 292 g/mol. The molecular formula is C15H24N4O2. The van der Waals surface area contributed by atoms with Gasteiger partial charge in [-0.1, -0.05) is 12.1 Å². The van der Waals surface area contributed by atoms with Gasteiger partial charge in [0.25, 0.3) is 0 Å². The second-order valence-electron chi connectivity index (χ2n) is 6.74. The molecule has 0 amide bonds. The van der Waals surface area contributed by atoms with Gasteiger partial charge in [0.2, 0.25) is 11.7 Å². The lowest BCUT2D eigenvalue weighted by atomic mass is 9.94. The average Bonchev–Trinajstić information content (AvgIpc) is 3.15. The molecule has 3 aliphatic heterocycles. The molecule has 3 fully saturated rings. The zero-order valence-corrected chi connectivity index (χ0v) is 12.6. The first-order chi connectivity index (χ1) is 10.3. The first-order valence-corrected chi connectivity index (χ1v) is 8.22. The molecule has 1 aromatic heterocycles. The van der Waals surface area contributed by atoms with Gasteiger partial charge in [-0.05, 0) is 44.7 Å². The second kappa shape index (κ2) is 5.66. The van der Waals surface area contributed by atoms with Crippen molar-refractivity contribution in [1.82, 2.24) is 20.4 Å². The van der Waals surface area contributed by atoms with Crippen molar-refractivity contribution in [3.05, 3.63) is 11.7 Å². The van der Waals surface area contributed by atoms with Crippen LogP contribution in [-0.4, -0.2) is 47.3 Å². The number of piperidine rings is 1. The van der Waals surface area contributed by atoms with Gasteiger partial charge in [0, 0.05) is 12.6 Å². The van der Waals surface area contributed by atoms with Crippen LogP contribution in [0.3, 0.4) is 0 Å². The Morgan fingerprint density at radius 2 is 2.29 bits per heavy atom. The van der Waals surface area contributed by atoms with Crippen LogP contribution >= 0.6 is 0 Å². The summed E-state index contributed by atoms with van der Waals surface area (Å²) in [5, 5.41) is 7.65. The number of rotatable bonds is 2. The van der Waals surface area contributed by atoms with Crippen molar-refractivity contribution in [3.63, 3.8) is 0 Å². The molecule has 0 radical (unpaired) electrons. The summed E-state index contributed by atoms with van der Waals surface area (Å²) in [6.45, 7) is 6.18. The lowest BCUT2D eigenvalue weighted by molar-refractivity contribution is -0.0548. The fraction of sp³-hybridized carbons (Fsp3) is 0.867. The van der Waals surface area contributed by atoms with Gasteiger partial charge in [0.05, 0.1) is 12.6 Å². The van der Waals surface area contributed by atoms with Gasteiger partial charge in [-0.25, -0.2) is 0 Å². The summed E-state index contributed by atoms with van der Waals surface area (Å²) in [6, 6.07) is 0.812. The topological polar surface area (TPSA) is 63.4 Å². The normalized spacial score (nSPS) is 37.6. The fourth-order valence-corrected chi connectivity index (χ4v) is 3.79. The van der Waals surface area contributed by atoms with E-state index in [-0.39, 0.29) is 12.1 Å². The summed E-state index contributed by atoms with van der Waals surface area (Å²) >= 11 is 0. The number of nitrogens with zero attached hydrogens (tertiary/aromatic N) is 3. The first kappa shape index (κ1) is 13.7. The van der Waals surface area contributed by atoms with Gasteiger partial charge in [0.1, 0.15) is 6.10 Å². The number of hydrogen-bond donors (Lipinski definition) is 1. The summed E-state index contributed by atoms with van der Waals surface area (Å²) in [6.07, 6.45) is 4.80. The van der Waals surface area contributed by atoms with E-state index < -0.39 is 0 Å². The Bertz CT molecular complexity index is 492. The van der Waals surface area contributed by atoms with Crippen molar-refractivity contribution < 1.29 is 9.26 Å². The summed E-state index contributed by atoms with van der Waals surface area (Å²) in [5.41, 5.74) is 0. The zero-order chi connectivity index (χ0) is 14.2. The van der Waals surface area contributed by atoms with Crippen LogP contribution < -0.4 is 5.32 Å². The molecule has 4 unspecified atom stereocenters. The van der Waals surface area contributed by atoms with E-state index in [1.807, 2.05) is 0 Å². The van der Waals surface area contributed by atoms with E-state index in [1.54, 1.807) is 0 Å². The lowest BCUT2D eigenvalue weighted by Gasteiger charge is -2.33. The summed E-state index contributed by atoms with van der Waals surface area (Å²) < 4.78 is 11.4. The molecule has 0 spiro atoms. The molecule has 1 N–H and O–H groups in total. The van der Waals surface area contributed by atoms with Gasteiger partial charge in [0.15, 0.2) is 0 Å². The van der Waals surface area contributed by atoms with E-state index in [0.717, 1.165) is 37.8 Å². The van der Waals surface area contributed by atoms with E-state index in [9.17, 15) is 0 Å². The molecule has 4 rings (SSSR count). The molecule has 4 atom stereocenters. The molecule has 3 saturated heterocycles. The van der Waals surface area contributed by atoms with Crippen molar-refractivity contribution in [3.8, 4) is 0 Å². The number of morpholine rings is 1. The Balaban J connectivity index is 1.44. The Kier molecular flexibility index (Phi) is 3.69. The van der Waals surface area contributed by atoms with E-state index >= 15 is 0 Å². The number of fused-ring (bicyclic) bond motifs is 1. The highest BCUT2D eigenvalue weighted by atomic mass is 16.5. The van der Waals surface area contributed by atoms with E-state index in [0.29, 0.717) is 12.0 Å². The van der Waals surface area contributed by atoms with Crippen molar-refractivity contribution >= 4 is 0 Å². The largest absolute Gasteiger partial charge is 0.367 e. The highest BCUT2D eigenvalue weighted by Crippen LogP contribution is 2.30. The third-order valence-electron chi connectivity index (χ3n) is 5.10. The summed E-state index contributed by atoms with van der Waals surface area (Å²) in [7, 11) is 0. The highest BCUT2D eigenvalue weighted by molar-refractivity contribution is 5.00. The van der Waals surface area contributed by atoms with Crippen molar-refractivity contribution in [2.24, 2.45) is 5.92 Å². The predicted molar refractivity (Wildman–Crippen MR) is 76.7 cm³/mol.